The Morgan fingerprint density at radius 1 is 1.05 bits per heavy atom. The minimum Gasteiger partial charge on any atom is -0.477 e. The second-order valence-electron chi connectivity index (χ2n) is 3.96. The number of rotatable bonds is 4. The highest BCUT2D eigenvalue weighted by molar-refractivity contribution is 6.02. The molecule has 0 aliphatic rings. The monoisotopic (exact) mass is 304 g/mol. The van der Waals surface area contributed by atoms with Crippen molar-refractivity contribution in [2.75, 3.05) is 0 Å². The minimum atomic E-state index is -1.20. The lowest BCUT2D eigenvalue weighted by Gasteiger charge is -2.06. The average Bonchev–Trinajstić information content (AvgIpc) is 2.48. The molecule has 0 saturated carbocycles. The van der Waals surface area contributed by atoms with Crippen LogP contribution < -0.4 is 5.32 Å². The van der Waals surface area contributed by atoms with E-state index in [0.29, 0.717) is 11.1 Å². The molecule has 0 bridgehead atoms. The van der Waals surface area contributed by atoms with Gasteiger partial charge in [-0.2, -0.15) is 0 Å². The smallest absolute Gasteiger partial charge is 0.352 e. The largest absolute Gasteiger partial charge is 0.477 e. The van der Waals surface area contributed by atoms with Crippen molar-refractivity contribution in [2.24, 2.45) is 0 Å². The van der Waals surface area contributed by atoms with Crippen molar-refractivity contribution in [1.82, 2.24) is 10.3 Å². The van der Waals surface area contributed by atoms with E-state index in [1.54, 1.807) is 54.9 Å². The standard InChI is InChI=1S/C15H12N2O3.ClH/c18-14(12-4-2-1-3-5-12)17-13(15(19)20)10-11-6-8-16-9-7-11;/h1-10H,(H,17,18)(H,19,20);1H. The highest BCUT2D eigenvalue weighted by atomic mass is 35.5. The van der Waals surface area contributed by atoms with Crippen LogP contribution in [0, 0.1) is 0 Å². The summed E-state index contributed by atoms with van der Waals surface area (Å²) in [5.41, 5.74) is 0.852. The summed E-state index contributed by atoms with van der Waals surface area (Å²) in [5.74, 6) is -1.67. The van der Waals surface area contributed by atoms with Crippen molar-refractivity contribution >= 4 is 30.4 Å². The number of halogens is 1. The number of nitrogens with zero attached hydrogens (tertiary/aromatic N) is 1. The Labute approximate surface area is 127 Å². The number of carboxylic acids is 1. The summed E-state index contributed by atoms with van der Waals surface area (Å²) in [4.78, 5) is 26.9. The molecule has 0 aliphatic heterocycles. The number of hydrogen-bond acceptors (Lipinski definition) is 3. The Hall–Kier alpha value is -2.66. The zero-order valence-electron chi connectivity index (χ0n) is 10.9. The van der Waals surface area contributed by atoms with E-state index in [1.165, 1.54) is 6.08 Å². The Balaban J connectivity index is 0.00000220. The van der Waals surface area contributed by atoms with Crippen LogP contribution in [0.4, 0.5) is 0 Å². The van der Waals surface area contributed by atoms with E-state index in [4.69, 9.17) is 5.11 Å². The maximum absolute atomic E-state index is 11.9. The molecule has 5 nitrogen and oxygen atoms in total. The first kappa shape index (κ1) is 16.4. The fourth-order valence-electron chi connectivity index (χ4n) is 1.56. The maximum Gasteiger partial charge on any atom is 0.352 e. The van der Waals surface area contributed by atoms with Gasteiger partial charge in [0.2, 0.25) is 0 Å². The molecule has 6 heteroatoms. The first-order valence-electron chi connectivity index (χ1n) is 5.88. The van der Waals surface area contributed by atoms with E-state index in [9.17, 15) is 9.59 Å². The summed E-state index contributed by atoms with van der Waals surface area (Å²) in [6.45, 7) is 0. The molecule has 2 N–H and O–H groups in total. The van der Waals surface area contributed by atoms with E-state index in [1.807, 2.05) is 0 Å². The number of aliphatic carboxylic acids is 1. The Bertz CT molecular complexity index is 642. The molecule has 0 atom stereocenters. The minimum absolute atomic E-state index is 0. The highest BCUT2D eigenvalue weighted by Crippen LogP contribution is 2.06. The number of hydrogen-bond donors (Lipinski definition) is 2. The van der Waals surface area contributed by atoms with Crippen molar-refractivity contribution in [3.63, 3.8) is 0 Å². The molecule has 2 rings (SSSR count). The Morgan fingerprint density at radius 3 is 2.24 bits per heavy atom. The van der Waals surface area contributed by atoms with Gasteiger partial charge >= 0.3 is 5.97 Å². The maximum atomic E-state index is 11.9. The number of amides is 1. The van der Waals surface area contributed by atoms with Gasteiger partial charge in [0.1, 0.15) is 5.70 Å². The molecule has 0 saturated heterocycles. The molecule has 2 aromatic rings. The summed E-state index contributed by atoms with van der Waals surface area (Å²) >= 11 is 0. The van der Waals surface area contributed by atoms with Gasteiger partial charge in [-0.25, -0.2) is 4.79 Å². The molecule has 108 valence electrons. The van der Waals surface area contributed by atoms with Gasteiger partial charge in [0.25, 0.3) is 5.91 Å². The lowest BCUT2D eigenvalue weighted by atomic mass is 10.2. The lowest BCUT2D eigenvalue weighted by Crippen LogP contribution is -2.27. The van der Waals surface area contributed by atoms with Gasteiger partial charge in [-0.15, -0.1) is 12.4 Å². The number of pyridine rings is 1. The van der Waals surface area contributed by atoms with Crippen LogP contribution in [0.15, 0.2) is 60.6 Å². The summed E-state index contributed by atoms with van der Waals surface area (Å²) in [6, 6.07) is 11.7. The second-order valence-corrected chi connectivity index (χ2v) is 3.96. The van der Waals surface area contributed by atoms with Crippen LogP contribution in [0.3, 0.4) is 0 Å². The van der Waals surface area contributed by atoms with E-state index in [0.717, 1.165) is 0 Å². The van der Waals surface area contributed by atoms with Gasteiger partial charge in [0.05, 0.1) is 0 Å². The number of carboxylic acid groups (broad SMARTS) is 1. The van der Waals surface area contributed by atoms with E-state index in [-0.39, 0.29) is 18.1 Å². The van der Waals surface area contributed by atoms with Crippen molar-refractivity contribution in [2.45, 2.75) is 0 Å². The molecular weight excluding hydrogens is 292 g/mol. The first-order valence-corrected chi connectivity index (χ1v) is 5.88. The second kappa shape index (κ2) is 7.81. The van der Waals surface area contributed by atoms with Gasteiger partial charge in [-0.05, 0) is 35.9 Å². The highest BCUT2D eigenvalue weighted by Gasteiger charge is 2.12. The number of nitrogens with one attached hydrogen (secondary N) is 1. The van der Waals surface area contributed by atoms with Crippen molar-refractivity contribution in [3.05, 3.63) is 71.7 Å². The molecule has 1 aromatic heterocycles. The third kappa shape index (κ3) is 4.74. The number of benzene rings is 1. The van der Waals surface area contributed by atoms with Crippen molar-refractivity contribution in [3.8, 4) is 0 Å². The molecule has 1 heterocycles. The molecule has 1 aromatic carbocycles. The Morgan fingerprint density at radius 2 is 1.67 bits per heavy atom. The zero-order valence-corrected chi connectivity index (χ0v) is 11.7. The summed E-state index contributed by atoms with van der Waals surface area (Å²) in [5, 5.41) is 11.5. The molecule has 1 amide bonds. The molecule has 0 unspecified atom stereocenters. The summed E-state index contributed by atoms with van der Waals surface area (Å²) in [7, 11) is 0. The van der Waals surface area contributed by atoms with Gasteiger partial charge in [-0.1, -0.05) is 18.2 Å². The summed E-state index contributed by atoms with van der Waals surface area (Å²) < 4.78 is 0. The lowest BCUT2D eigenvalue weighted by molar-refractivity contribution is -0.132. The van der Waals surface area contributed by atoms with Crippen LogP contribution in [-0.2, 0) is 4.79 Å². The van der Waals surface area contributed by atoms with Crippen LogP contribution in [0.25, 0.3) is 6.08 Å². The van der Waals surface area contributed by atoms with Gasteiger partial charge in [0.15, 0.2) is 0 Å². The topological polar surface area (TPSA) is 79.3 Å². The van der Waals surface area contributed by atoms with Gasteiger partial charge in [-0.3, -0.25) is 9.78 Å². The molecule has 0 radical (unpaired) electrons. The van der Waals surface area contributed by atoms with E-state index in [2.05, 4.69) is 10.3 Å². The third-order valence-corrected chi connectivity index (χ3v) is 2.53. The molecule has 0 aliphatic carbocycles. The first-order chi connectivity index (χ1) is 9.66. The van der Waals surface area contributed by atoms with Crippen LogP contribution in [-0.4, -0.2) is 22.0 Å². The van der Waals surface area contributed by atoms with Gasteiger partial charge < -0.3 is 10.4 Å². The fraction of sp³-hybridized carbons (Fsp3) is 0. The van der Waals surface area contributed by atoms with E-state index < -0.39 is 11.9 Å². The number of aromatic nitrogens is 1. The van der Waals surface area contributed by atoms with Crippen molar-refractivity contribution < 1.29 is 14.7 Å². The third-order valence-electron chi connectivity index (χ3n) is 2.53. The predicted molar refractivity (Wildman–Crippen MR) is 81.0 cm³/mol. The van der Waals surface area contributed by atoms with Crippen LogP contribution >= 0.6 is 12.4 Å². The fourth-order valence-corrected chi connectivity index (χ4v) is 1.56. The number of carbonyl (C=O) groups is 2. The molecule has 21 heavy (non-hydrogen) atoms. The van der Waals surface area contributed by atoms with Crippen LogP contribution in [0.5, 0.6) is 0 Å². The zero-order chi connectivity index (χ0) is 14.4. The SMILES string of the molecule is Cl.O=C(O)C(=Cc1ccncc1)NC(=O)c1ccccc1. The van der Waals surface area contributed by atoms with E-state index >= 15 is 0 Å². The normalized spacial score (nSPS) is 10.4. The molecular formula is C15H13ClN2O3. The molecule has 0 fully saturated rings. The quantitative estimate of drug-likeness (QED) is 0.850. The Kier molecular flexibility index (Phi) is 6.10. The average molecular weight is 305 g/mol. The van der Waals surface area contributed by atoms with Crippen LogP contribution in [0.2, 0.25) is 0 Å². The van der Waals surface area contributed by atoms with Crippen LogP contribution in [0.1, 0.15) is 15.9 Å². The predicted octanol–water partition coefficient (Wildman–Crippen LogP) is 2.36. The summed E-state index contributed by atoms with van der Waals surface area (Å²) in [6.07, 6.45) is 4.47. The number of carbonyl (C=O) groups excluding carboxylic acids is 1. The van der Waals surface area contributed by atoms with Crippen molar-refractivity contribution in [1.29, 1.82) is 0 Å². The van der Waals surface area contributed by atoms with Gasteiger partial charge in [0, 0.05) is 18.0 Å². The molecule has 0 spiro atoms.